The van der Waals surface area contributed by atoms with Crippen molar-refractivity contribution in [2.75, 3.05) is 13.1 Å². The monoisotopic (exact) mass is 423 g/mol. The van der Waals surface area contributed by atoms with Crippen LogP contribution in [0.15, 0.2) is 30.5 Å². The molecule has 1 aliphatic carbocycles. The van der Waals surface area contributed by atoms with Gasteiger partial charge < -0.3 is 10.2 Å². The van der Waals surface area contributed by atoms with Crippen molar-refractivity contribution >= 4 is 11.8 Å². The Bertz CT molecular complexity index is 878. The van der Waals surface area contributed by atoms with Crippen molar-refractivity contribution in [1.29, 1.82) is 0 Å². The van der Waals surface area contributed by atoms with Crippen LogP contribution in [0.4, 0.5) is 0 Å². The smallest absolute Gasteiger partial charge is 0.276 e. The Labute approximate surface area is 184 Å². The van der Waals surface area contributed by atoms with E-state index in [-0.39, 0.29) is 17.9 Å². The first-order valence-electron chi connectivity index (χ1n) is 11.7. The van der Waals surface area contributed by atoms with Crippen molar-refractivity contribution in [3.05, 3.63) is 41.7 Å². The van der Waals surface area contributed by atoms with Crippen LogP contribution in [0, 0.1) is 5.92 Å². The molecule has 1 N–H and O–H groups in total. The van der Waals surface area contributed by atoms with E-state index in [0.29, 0.717) is 25.2 Å². The average Bonchev–Trinajstić information content (AvgIpc) is 3.50. The standard InChI is InChI=1S/C24H33N5O2/c1-2-18-7-10-21(11-8-18)29-17-22(26-27-29)24(31)28-15-13-20(14-16-28)25-23(30)12-9-19-5-3-4-6-19/h7-8,10-11,17,19-20H,2-6,9,12-16H2,1H3,(H,25,30). The van der Waals surface area contributed by atoms with Gasteiger partial charge in [0.25, 0.3) is 5.91 Å². The van der Waals surface area contributed by atoms with Gasteiger partial charge in [0.1, 0.15) is 0 Å². The van der Waals surface area contributed by atoms with Gasteiger partial charge in [0.15, 0.2) is 5.69 Å². The fraction of sp³-hybridized carbons (Fsp3) is 0.583. The molecule has 0 radical (unpaired) electrons. The predicted octanol–water partition coefficient (Wildman–Crippen LogP) is 3.52. The number of rotatable bonds is 7. The van der Waals surface area contributed by atoms with Gasteiger partial charge in [-0.25, -0.2) is 4.68 Å². The number of carbonyl (C=O) groups is 2. The zero-order valence-electron chi connectivity index (χ0n) is 18.4. The lowest BCUT2D eigenvalue weighted by Crippen LogP contribution is -2.46. The lowest BCUT2D eigenvalue weighted by Gasteiger charge is -2.32. The van der Waals surface area contributed by atoms with Gasteiger partial charge in [0.2, 0.25) is 5.91 Å². The van der Waals surface area contributed by atoms with Gasteiger partial charge in [-0.3, -0.25) is 9.59 Å². The number of aromatic nitrogens is 3. The zero-order valence-corrected chi connectivity index (χ0v) is 18.4. The van der Waals surface area contributed by atoms with E-state index in [4.69, 9.17) is 0 Å². The molecule has 0 spiro atoms. The fourth-order valence-electron chi connectivity index (χ4n) is 4.70. The molecule has 1 saturated heterocycles. The second kappa shape index (κ2) is 10.1. The maximum absolute atomic E-state index is 12.8. The molecule has 1 saturated carbocycles. The Balaban J connectivity index is 1.24. The van der Waals surface area contributed by atoms with Gasteiger partial charge in [0, 0.05) is 25.6 Å². The number of aryl methyl sites for hydroxylation is 1. The molecule has 31 heavy (non-hydrogen) atoms. The Morgan fingerprint density at radius 1 is 1.06 bits per heavy atom. The molecule has 7 heteroatoms. The predicted molar refractivity (Wildman–Crippen MR) is 119 cm³/mol. The van der Waals surface area contributed by atoms with Crippen LogP contribution in [0.2, 0.25) is 0 Å². The normalized spacial score (nSPS) is 17.8. The van der Waals surface area contributed by atoms with E-state index in [1.807, 2.05) is 17.0 Å². The molecule has 2 aliphatic rings. The molecule has 2 fully saturated rings. The minimum Gasteiger partial charge on any atom is -0.353 e. The van der Waals surface area contributed by atoms with Gasteiger partial charge in [-0.1, -0.05) is 50.0 Å². The molecular formula is C24H33N5O2. The van der Waals surface area contributed by atoms with Crippen molar-refractivity contribution < 1.29 is 9.59 Å². The van der Waals surface area contributed by atoms with Crippen LogP contribution >= 0.6 is 0 Å². The average molecular weight is 424 g/mol. The lowest BCUT2D eigenvalue weighted by molar-refractivity contribution is -0.122. The highest BCUT2D eigenvalue weighted by atomic mass is 16.2. The molecule has 2 heterocycles. The third-order valence-electron chi connectivity index (χ3n) is 6.72. The van der Waals surface area contributed by atoms with E-state index in [9.17, 15) is 9.59 Å². The minimum atomic E-state index is -0.0950. The summed E-state index contributed by atoms with van der Waals surface area (Å²) < 4.78 is 1.64. The SMILES string of the molecule is CCc1ccc(-n2cc(C(=O)N3CCC(NC(=O)CCC4CCCC4)CC3)nn2)cc1. The Morgan fingerprint density at radius 3 is 2.45 bits per heavy atom. The number of piperidine rings is 1. The van der Waals surface area contributed by atoms with Crippen LogP contribution < -0.4 is 5.32 Å². The van der Waals surface area contributed by atoms with Crippen molar-refractivity contribution in [3.63, 3.8) is 0 Å². The number of carbonyl (C=O) groups excluding carboxylic acids is 2. The van der Waals surface area contributed by atoms with E-state index in [1.165, 1.54) is 31.2 Å². The minimum absolute atomic E-state index is 0.0950. The van der Waals surface area contributed by atoms with Gasteiger partial charge in [-0.05, 0) is 49.3 Å². The number of amides is 2. The van der Waals surface area contributed by atoms with Gasteiger partial charge in [-0.15, -0.1) is 5.10 Å². The summed E-state index contributed by atoms with van der Waals surface area (Å²) in [5.74, 6) is 0.805. The summed E-state index contributed by atoms with van der Waals surface area (Å²) in [6, 6.07) is 8.26. The van der Waals surface area contributed by atoms with E-state index in [2.05, 4.69) is 34.7 Å². The number of nitrogens with zero attached hydrogens (tertiary/aromatic N) is 4. The van der Waals surface area contributed by atoms with E-state index < -0.39 is 0 Å². The maximum Gasteiger partial charge on any atom is 0.276 e. The maximum atomic E-state index is 12.8. The molecule has 7 nitrogen and oxygen atoms in total. The zero-order chi connectivity index (χ0) is 21.6. The largest absolute Gasteiger partial charge is 0.353 e. The van der Waals surface area contributed by atoms with Crippen molar-refractivity contribution in [1.82, 2.24) is 25.2 Å². The summed E-state index contributed by atoms with van der Waals surface area (Å²) in [5, 5.41) is 11.4. The summed E-state index contributed by atoms with van der Waals surface area (Å²) in [7, 11) is 0. The third-order valence-corrected chi connectivity index (χ3v) is 6.72. The van der Waals surface area contributed by atoms with Crippen molar-refractivity contribution in [2.45, 2.75) is 70.8 Å². The lowest BCUT2D eigenvalue weighted by atomic mass is 10.0. The highest BCUT2D eigenvalue weighted by molar-refractivity contribution is 5.92. The summed E-state index contributed by atoms with van der Waals surface area (Å²) in [6.07, 6.45) is 11.1. The molecular weight excluding hydrogens is 390 g/mol. The second-order valence-corrected chi connectivity index (χ2v) is 8.89. The quantitative estimate of drug-likeness (QED) is 0.739. The molecule has 4 rings (SSSR count). The molecule has 0 bridgehead atoms. The molecule has 0 atom stereocenters. The van der Waals surface area contributed by atoms with Crippen LogP contribution in [0.25, 0.3) is 5.69 Å². The first kappa shape index (κ1) is 21.5. The summed E-state index contributed by atoms with van der Waals surface area (Å²) >= 11 is 0. The summed E-state index contributed by atoms with van der Waals surface area (Å²) in [5.41, 5.74) is 2.51. The van der Waals surface area contributed by atoms with Gasteiger partial charge >= 0.3 is 0 Å². The van der Waals surface area contributed by atoms with Crippen LogP contribution in [0.1, 0.15) is 74.3 Å². The first-order chi connectivity index (χ1) is 15.1. The number of hydrogen-bond donors (Lipinski definition) is 1. The summed E-state index contributed by atoms with van der Waals surface area (Å²) in [4.78, 5) is 26.9. The number of hydrogen-bond acceptors (Lipinski definition) is 4. The number of nitrogens with one attached hydrogen (secondary N) is 1. The molecule has 166 valence electrons. The van der Waals surface area contributed by atoms with Gasteiger partial charge in [0.05, 0.1) is 11.9 Å². The third kappa shape index (κ3) is 5.51. The Kier molecular flexibility index (Phi) is 6.99. The first-order valence-corrected chi connectivity index (χ1v) is 11.7. The summed E-state index contributed by atoms with van der Waals surface area (Å²) in [6.45, 7) is 3.38. The Hall–Kier alpha value is -2.70. The van der Waals surface area contributed by atoms with E-state index in [0.717, 1.165) is 37.3 Å². The highest BCUT2D eigenvalue weighted by Crippen LogP contribution is 2.28. The second-order valence-electron chi connectivity index (χ2n) is 8.89. The number of likely N-dealkylation sites (tertiary alicyclic amines) is 1. The topological polar surface area (TPSA) is 80.1 Å². The van der Waals surface area contributed by atoms with Crippen LogP contribution in [0.3, 0.4) is 0 Å². The molecule has 1 aromatic carbocycles. The van der Waals surface area contributed by atoms with Crippen molar-refractivity contribution in [2.24, 2.45) is 5.92 Å². The van der Waals surface area contributed by atoms with Gasteiger partial charge in [-0.2, -0.15) is 0 Å². The van der Waals surface area contributed by atoms with E-state index in [1.54, 1.807) is 10.9 Å². The van der Waals surface area contributed by atoms with Crippen LogP contribution in [0.5, 0.6) is 0 Å². The molecule has 0 unspecified atom stereocenters. The number of benzene rings is 1. The van der Waals surface area contributed by atoms with Crippen LogP contribution in [-0.4, -0.2) is 50.8 Å². The molecule has 2 aromatic rings. The van der Waals surface area contributed by atoms with Crippen molar-refractivity contribution in [3.8, 4) is 5.69 Å². The Morgan fingerprint density at radius 2 is 1.77 bits per heavy atom. The molecule has 2 amide bonds. The van der Waals surface area contributed by atoms with E-state index >= 15 is 0 Å². The molecule has 1 aliphatic heterocycles. The highest BCUT2D eigenvalue weighted by Gasteiger charge is 2.26. The molecule has 1 aromatic heterocycles. The fourth-order valence-corrected chi connectivity index (χ4v) is 4.70. The van der Waals surface area contributed by atoms with Crippen LogP contribution in [-0.2, 0) is 11.2 Å².